The number of hydrogen-bond donors (Lipinski definition) is 1. The number of rotatable bonds is 3. The quantitative estimate of drug-likeness (QED) is 0.550. The Morgan fingerprint density at radius 1 is 1.04 bits per heavy atom. The summed E-state index contributed by atoms with van der Waals surface area (Å²) in [7, 11) is 0. The SMILES string of the molecule is Cc1ccc2nc3sc(C(=O)NC(C)c4ccccc4)cc3cc2c1. The van der Waals surface area contributed by atoms with Crippen LogP contribution in [0, 0.1) is 6.92 Å². The van der Waals surface area contributed by atoms with Gasteiger partial charge in [0, 0.05) is 10.8 Å². The zero-order valence-electron chi connectivity index (χ0n) is 14.1. The topological polar surface area (TPSA) is 42.0 Å². The van der Waals surface area contributed by atoms with Crippen LogP contribution in [0.25, 0.3) is 21.1 Å². The molecule has 0 aliphatic heterocycles. The lowest BCUT2D eigenvalue weighted by Gasteiger charge is -2.13. The van der Waals surface area contributed by atoms with Gasteiger partial charge < -0.3 is 5.32 Å². The molecule has 2 heterocycles. The van der Waals surface area contributed by atoms with E-state index in [1.54, 1.807) is 0 Å². The number of fused-ring (bicyclic) bond motifs is 2. The van der Waals surface area contributed by atoms with E-state index in [2.05, 4.69) is 30.4 Å². The van der Waals surface area contributed by atoms with Crippen LogP contribution >= 0.6 is 11.3 Å². The van der Waals surface area contributed by atoms with Crippen molar-refractivity contribution in [3.8, 4) is 0 Å². The minimum absolute atomic E-state index is 0.0337. The monoisotopic (exact) mass is 346 g/mol. The second-order valence-corrected chi connectivity index (χ2v) is 7.33. The summed E-state index contributed by atoms with van der Waals surface area (Å²) in [5, 5.41) is 5.19. The van der Waals surface area contributed by atoms with Crippen molar-refractivity contribution in [3.05, 3.63) is 76.7 Å². The summed E-state index contributed by atoms with van der Waals surface area (Å²) in [6.45, 7) is 4.07. The zero-order chi connectivity index (χ0) is 17.4. The van der Waals surface area contributed by atoms with Crippen molar-refractivity contribution < 1.29 is 4.79 Å². The van der Waals surface area contributed by atoms with Crippen LogP contribution in [0.3, 0.4) is 0 Å². The van der Waals surface area contributed by atoms with Gasteiger partial charge in [0.1, 0.15) is 4.83 Å². The van der Waals surface area contributed by atoms with E-state index < -0.39 is 0 Å². The molecule has 2 aromatic carbocycles. The molecule has 0 aliphatic carbocycles. The van der Waals surface area contributed by atoms with Crippen LogP contribution in [0.5, 0.6) is 0 Å². The summed E-state index contributed by atoms with van der Waals surface area (Å²) in [5.41, 5.74) is 3.26. The predicted molar refractivity (Wildman–Crippen MR) is 104 cm³/mol. The molecule has 25 heavy (non-hydrogen) atoms. The number of benzene rings is 2. The maximum Gasteiger partial charge on any atom is 0.261 e. The smallest absolute Gasteiger partial charge is 0.261 e. The highest BCUT2D eigenvalue weighted by molar-refractivity contribution is 7.20. The highest BCUT2D eigenvalue weighted by atomic mass is 32.1. The van der Waals surface area contributed by atoms with E-state index in [1.165, 1.54) is 16.9 Å². The lowest BCUT2D eigenvalue weighted by Crippen LogP contribution is -2.25. The van der Waals surface area contributed by atoms with Crippen molar-refractivity contribution in [2.75, 3.05) is 0 Å². The normalized spacial score (nSPS) is 12.4. The number of aryl methyl sites for hydroxylation is 1. The van der Waals surface area contributed by atoms with E-state index in [4.69, 9.17) is 4.98 Å². The van der Waals surface area contributed by atoms with Crippen LogP contribution in [0.1, 0.15) is 33.8 Å². The Hall–Kier alpha value is -2.72. The Bertz CT molecular complexity index is 1070. The third kappa shape index (κ3) is 3.13. The standard InChI is InChI=1S/C21H18N2OS/c1-13-8-9-18-16(10-13)11-17-12-19(25-21(17)23-18)20(24)22-14(2)15-6-4-3-5-7-15/h3-12,14H,1-2H3,(H,22,24). The second kappa shape index (κ2) is 6.30. The molecule has 3 nitrogen and oxygen atoms in total. The third-order valence-corrected chi connectivity index (χ3v) is 5.37. The van der Waals surface area contributed by atoms with Crippen LogP contribution in [0.2, 0.25) is 0 Å². The number of nitrogens with one attached hydrogen (secondary N) is 1. The van der Waals surface area contributed by atoms with Crippen LogP contribution in [0.4, 0.5) is 0 Å². The molecule has 2 aromatic heterocycles. The molecule has 0 saturated carbocycles. The summed E-state index contributed by atoms with van der Waals surface area (Å²) >= 11 is 1.44. The van der Waals surface area contributed by atoms with E-state index in [0.29, 0.717) is 4.88 Å². The average molecular weight is 346 g/mol. The van der Waals surface area contributed by atoms with E-state index in [-0.39, 0.29) is 11.9 Å². The Morgan fingerprint density at radius 2 is 1.84 bits per heavy atom. The molecule has 0 fully saturated rings. The summed E-state index contributed by atoms with van der Waals surface area (Å²) in [6.07, 6.45) is 0. The predicted octanol–water partition coefficient (Wildman–Crippen LogP) is 5.25. The molecule has 0 bridgehead atoms. The Labute approximate surface area is 150 Å². The van der Waals surface area contributed by atoms with Crippen molar-refractivity contribution in [2.24, 2.45) is 0 Å². The molecular weight excluding hydrogens is 328 g/mol. The molecule has 1 amide bonds. The molecule has 0 radical (unpaired) electrons. The van der Waals surface area contributed by atoms with Gasteiger partial charge in [-0.25, -0.2) is 4.98 Å². The second-order valence-electron chi connectivity index (χ2n) is 6.30. The Kier molecular flexibility index (Phi) is 3.98. The average Bonchev–Trinajstić information content (AvgIpc) is 3.03. The van der Waals surface area contributed by atoms with Crippen LogP contribution in [-0.2, 0) is 0 Å². The van der Waals surface area contributed by atoms with Crippen LogP contribution in [0.15, 0.2) is 60.7 Å². The number of amides is 1. The molecule has 1 atom stereocenters. The molecule has 0 saturated heterocycles. The van der Waals surface area contributed by atoms with Gasteiger partial charge in [0.25, 0.3) is 5.91 Å². The van der Waals surface area contributed by atoms with Crippen molar-refractivity contribution in [1.82, 2.24) is 10.3 Å². The van der Waals surface area contributed by atoms with Gasteiger partial charge in [0.05, 0.1) is 16.4 Å². The first-order chi connectivity index (χ1) is 12.1. The largest absolute Gasteiger partial charge is 0.345 e. The van der Waals surface area contributed by atoms with Gasteiger partial charge in [0.2, 0.25) is 0 Å². The van der Waals surface area contributed by atoms with E-state index in [9.17, 15) is 4.79 Å². The summed E-state index contributed by atoms with van der Waals surface area (Å²) in [6, 6.07) is 20.2. The minimum atomic E-state index is -0.0559. The lowest BCUT2D eigenvalue weighted by atomic mass is 10.1. The minimum Gasteiger partial charge on any atom is -0.345 e. The first-order valence-corrected chi connectivity index (χ1v) is 9.08. The number of hydrogen-bond acceptors (Lipinski definition) is 3. The molecule has 1 N–H and O–H groups in total. The van der Waals surface area contributed by atoms with Gasteiger partial charge in [-0.05, 0) is 43.7 Å². The number of pyridine rings is 1. The Balaban J connectivity index is 1.64. The van der Waals surface area contributed by atoms with Gasteiger partial charge in [-0.15, -0.1) is 11.3 Å². The zero-order valence-corrected chi connectivity index (χ0v) is 14.9. The fourth-order valence-electron chi connectivity index (χ4n) is 2.96. The van der Waals surface area contributed by atoms with E-state index >= 15 is 0 Å². The molecular formula is C21H18N2OS. The molecule has 124 valence electrons. The highest BCUT2D eigenvalue weighted by Crippen LogP contribution is 2.28. The molecule has 0 aliphatic rings. The van der Waals surface area contributed by atoms with E-state index in [0.717, 1.165) is 26.7 Å². The van der Waals surface area contributed by atoms with Gasteiger partial charge in [-0.1, -0.05) is 42.0 Å². The van der Waals surface area contributed by atoms with Gasteiger partial charge in [-0.2, -0.15) is 0 Å². The van der Waals surface area contributed by atoms with E-state index in [1.807, 2.05) is 49.4 Å². The summed E-state index contributed by atoms with van der Waals surface area (Å²) in [4.78, 5) is 18.9. The molecule has 4 rings (SSSR count). The number of carbonyl (C=O) groups is 1. The Morgan fingerprint density at radius 3 is 2.64 bits per heavy atom. The maximum atomic E-state index is 12.6. The van der Waals surface area contributed by atoms with Crippen LogP contribution in [-0.4, -0.2) is 10.9 Å². The van der Waals surface area contributed by atoms with Crippen LogP contribution < -0.4 is 5.32 Å². The number of aromatic nitrogens is 1. The van der Waals surface area contributed by atoms with Crippen molar-refractivity contribution in [2.45, 2.75) is 19.9 Å². The first-order valence-electron chi connectivity index (χ1n) is 8.27. The fraction of sp³-hybridized carbons (Fsp3) is 0.143. The van der Waals surface area contributed by atoms with Gasteiger partial charge in [-0.3, -0.25) is 4.79 Å². The number of thiophene rings is 1. The highest BCUT2D eigenvalue weighted by Gasteiger charge is 2.15. The number of carbonyl (C=O) groups excluding carboxylic acids is 1. The van der Waals surface area contributed by atoms with Gasteiger partial charge >= 0.3 is 0 Å². The van der Waals surface area contributed by atoms with Gasteiger partial charge in [0.15, 0.2) is 0 Å². The van der Waals surface area contributed by atoms with Crippen molar-refractivity contribution >= 4 is 38.4 Å². The molecule has 4 heteroatoms. The number of nitrogens with zero attached hydrogens (tertiary/aromatic N) is 1. The molecule has 1 unspecified atom stereocenters. The molecule has 4 aromatic rings. The lowest BCUT2D eigenvalue weighted by molar-refractivity contribution is 0.0944. The first kappa shape index (κ1) is 15.8. The maximum absolute atomic E-state index is 12.6. The van der Waals surface area contributed by atoms with Crippen molar-refractivity contribution in [3.63, 3.8) is 0 Å². The van der Waals surface area contributed by atoms with Crippen molar-refractivity contribution in [1.29, 1.82) is 0 Å². The fourth-order valence-corrected chi connectivity index (χ4v) is 3.88. The molecule has 0 spiro atoms. The third-order valence-electron chi connectivity index (χ3n) is 4.33. The summed E-state index contributed by atoms with van der Waals surface area (Å²) in [5.74, 6) is -0.0559. The summed E-state index contributed by atoms with van der Waals surface area (Å²) < 4.78 is 0.